The van der Waals surface area contributed by atoms with Gasteiger partial charge in [-0.2, -0.15) is 0 Å². The Balaban J connectivity index is 0.902. The van der Waals surface area contributed by atoms with Crippen LogP contribution in [0.15, 0.2) is 346 Å². The first-order valence-corrected chi connectivity index (χ1v) is 33.1. The molecule has 0 bridgehead atoms. The highest BCUT2D eigenvalue weighted by atomic mass is 28.3. The summed E-state index contributed by atoms with van der Waals surface area (Å²) in [5.41, 5.74) is 9.23. The highest BCUT2D eigenvalue weighted by Gasteiger charge is 2.43. The van der Waals surface area contributed by atoms with Crippen molar-refractivity contribution in [2.45, 2.75) is 0 Å². The third-order valence-corrected chi connectivity index (χ3v) is 26.0. The van der Waals surface area contributed by atoms with Crippen LogP contribution >= 0.6 is 0 Å². The fourth-order valence-electron chi connectivity index (χ4n) is 12.5. The molecular formula is C79H57N5Si2. The van der Waals surface area contributed by atoms with Gasteiger partial charge in [-0.15, -0.1) is 0 Å². The van der Waals surface area contributed by atoms with Crippen LogP contribution in [0.4, 0.5) is 0 Å². The quantitative estimate of drug-likeness (QED) is 0.0756. The van der Waals surface area contributed by atoms with Crippen molar-refractivity contribution in [3.05, 3.63) is 346 Å². The van der Waals surface area contributed by atoms with Crippen molar-refractivity contribution in [3.63, 3.8) is 0 Å². The van der Waals surface area contributed by atoms with Crippen molar-refractivity contribution in [1.82, 2.24) is 24.9 Å². The van der Waals surface area contributed by atoms with Crippen molar-refractivity contribution >= 4 is 57.6 Å². The van der Waals surface area contributed by atoms with Crippen LogP contribution in [0.1, 0.15) is 0 Å². The Morgan fingerprint density at radius 3 is 0.895 bits per heavy atom. The van der Waals surface area contributed by atoms with Gasteiger partial charge in [0.05, 0.1) is 11.4 Å². The molecule has 2 heterocycles. The average Bonchev–Trinajstić information content (AvgIpc) is 1.95. The first-order valence-electron chi connectivity index (χ1n) is 29.1. The number of rotatable bonds is 15. The molecule has 0 saturated carbocycles. The molecule has 0 spiro atoms. The van der Waals surface area contributed by atoms with E-state index >= 15 is 0 Å². The third kappa shape index (κ3) is 10.1. The second-order valence-corrected chi connectivity index (χ2v) is 29.1. The molecule has 86 heavy (non-hydrogen) atoms. The number of hydrogen-bond acceptors (Lipinski definition) is 5. The smallest absolute Gasteiger partial charge is 0.179 e. The first-order chi connectivity index (χ1) is 42.6. The van der Waals surface area contributed by atoms with Crippen molar-refractivity contribution in [2.24, 2.45) is 0 Å². The molecule has 2 aromatic heterocycles. The van der Waals surface area contributed by atoms with Crippen LogP contribution in [0.25, 0.3) is 79.2 Å². The van der Waals surface area contributed by atoms with E-state index in [9.17, 15) is 0 Å². The number of aromatic nitrogens is 5. The Morgan fingerprint density at radius 1 is 0.163 bits per heavy atom. The molecule has 0 radical (unpaired) electrons. The molecule has 406 valence electrons. The summed E-state index contributed by atoms with van der Waals surface area (Å²) >= 11 is 0. The van der Waals surface area contributed by atoms with Crippen molar-refractivity contribution < 1.29 is 0 Å². The number of hydrogen-bond donors (Lipinski definition) is 0. The second kappa shape index (κ2) is 23.8. The van der Waals surface area contributed by atoms with Gasteiger partial charge in [0.25, 0.3) is 0 Å². The van der Waals surface area contributed by atoms with E-state index in [1.54, 1.807) is 0 Å². The van der Waals surface area contributed by atoms with Crippen LogP contribution in [0.2, 0.25) is 0 Å². The van der Waals surface area contributed by atoms with E-state index in [4.69, 9.17) is 24.9 Å². The van der Waals surface area contributed by atoms with Gasteiger partial charge in [-0.1, -0.05) is 334 Å². The standard InChI is InChI=1S/C79H57N5Si2/c1-9-30-58(31-10-1)74-57-75(61-35-28-50-70(55-61)85(64-38-13-3-14-39-64,65-40-15-4-16-41-65)66-42-17-5-18-43-66)81-77(80-74)62-36-27-34-60(54-62)72-52-25-26-53-73(72)79-83-76(59-32-11-2-12-33-59)82-78(84-79)63-37-29-51-71(56-63)86(67-44-19-6-20-45-67,68-46-21-7-22-47-68)69-48-23-8-24-49-69/h1-57H. The molecule has 0 saturated heterocycles. The van der Waals surface area contributed by atoms with E-state index in [-0.39, 0.29) is 0 Å². The average molecular weight is 1130 g/mol. The molecule has 0 amide bonds. The van der Waals surface area contributed by atoms with Crippen molar-refractivity contribution in [1.29, 1.82) is 0 Å². The molecule has 0 aliphatic heterocycles. The van der Waals surface area contributed by atoms with Crippen LogP contribution < -0.4 is 41.5 Å². The molecule has 0 N–H and O–H groups in total. The summed E-state index contributed by atoms with van der Waals surface area (Å²) in [7, 11) is -5.73. The van der Waals surface area contributed by atoms with E-state index in [2.05, 4.69) is 322 Å². The number of benzene rings is 12. The summed E-state index contributed by atoms with van der Waals surface area (Å²) in [4.78, 5) is 26.9. The summed E-state index contributed by atoms with van der Waals surface area (Å²) in [6.45, 7) is 0. The largest absolute Gasteiger partial charge is 0.228 e. The van der Waals surface area contributed by atoms with E-state index in [1.165, 1.54) is 41.5 Å². The Hall–Kier alpha value is -10.8. The lowest BCUT2D eigenvalue weighted by Gasteiger charge is -2.34. The summed E-state index contributed by atoms with van der Waals surface area (Å²) in [5, 5.41) is 10.3. The topological polar surface area (TPSA) is 64.5 Å². The minimum absolute atomic E-state index is 0.573. The molecule has 0 atom stereocenters. The van der Waals surface area contributed by atoms with Crippen LogP contribution in [-0.2, 0) is 0 Å². The lowest BCUT2D eigenvalue weighted by molar-refractivity contribution is 1.07. The van der Waals surface area contributed by atoms with Gasteiger partial charge in [-0.25, -0.2) is 24.9 Å². The molecule has 0 aliphatic rings. The SMILES string of the molecule is c1ccc(-c2cc(-c3cccc([Si](c4ccccc4)(c4ccccc4)c4ccccc4)c3)nc(-c3cccc(-c4ccccc4-c4nc(-c5ccccc5)nc(-c5cccc([Si](c6ccccc6)(c6ccccc6)c6ccccc6)c5)n4)c3)n2)cc1. The van der Waals surface area contributed by atoms with Crippen LogP contribution in [-0.4, -0.2) is 41.1 Å². The van der Waals surface area contributed by atoms with Crippen LogP contribution in [0.3, 0.4) is 0 Å². The lowest BCUT2D eigenvalue weighted by Crippen LogP contribution is -2.74. The third-order valence-electron chi connectivity index (χ3n) is 16.4. The molecule has 5 nitrogen and oxygen atoms in total. The van der Waals surface area contributed by atoms with Gasteiger partial charge in [0, 0.05) is 33.4 Å². The van der Waals surface area contributed by atoms with E-state index in [0.717, 1.165) is 55.9 Å². The molecule has 7 heteroatoms. The molecule has 0 fully saturated rings. The maximum atomic E-state index is 5.50. The summed E-state index contributed by atoms with van der Waals surface area (Å²) < 4.78 is 0. The summed E-state index contributed by atoms with van der Waals surface area (Å²) in [5.74, 6) is 2.38. The maximum Gasteiger partial charge on any atom is 0.179 e. The molecule has 0 unspecified atom stereocenters. The molecule has 0 aliphatic carbocycles. The zero-order valence-corrected chi connectivity index (χ0v) is 49.1. The maximum absolute atomic E-state index is 5.50. The first kappa shape index (κ1) is 53.2. The van der Waals surface area contributed by atoms with Gasteiger partial charge in [0.2, 0.25) is 0 Å². The molecule has 12 aromatic carbocycles. The van der Waals surface area contributed by atoms with Crippen molar-refractivity contribution in [2.75, 3.05) is 0 Å². The minimum atomic E-state index is -2.88. The highest BCUT2D eigenvalue weighted by Crippen LogP contribution is 2.35. The highest BCUT2D eigenvalue weighted by molar-refractivity contribution is 7.20. The van der Waals surface area contributed by atoms with Gasteiger partial charge < -0.3 is 0 Å². The fourth-order valence-corrected chi connectivity index (χ4v) is 22.1. The Morgan fingerprint density at radius 2 is 0.442 bits per heavy atom. The van der Waals surface area contributed by atoms with Crippen molar-refractivity contribution in [3.8, 4) is 79.2 Å². The van der Waals surface area contributed by atoms with Gasteiger partial charge >= 0.3 is 0 Å². The summed E-state index contributed by atoms with van der Waals surface area (Å²) in [6.07, 6.45) is 0. The fraction of sp³-hybridized carbons (Fsp3) is 0. The Labute approximate surface area is 504 Å². The van der Waals surface area contributed by atoms with Gasteiger partial charge in [-0.3, -0.25) is 0 Å². The normalized spacial score (nSPS) is 11.5. The zero-order chi connectivity index (χ0) is 57.5. The van der Waals surface area contributed by atoms with Gasteiger partial charge in [0.1, 0.15) is 0 Å². The Bertz CT molecular complexity index is 4420. The summed E-state index contributed by atoms with van der Waals surface area (Å²) in [6, 6.07) is 124. The van der Waals surface area contributed by atoms with E-state index < -0.39 is 16.1 Å². The predicted molar refractivity (Wildman–Crippen MR) is 361 cm³/mol. The van der Waals surface area contributed by atoms with Crippen LogP contribution in [0, 0.1) is 0 Å². The van der Waals surface area contributed by atoms with Gasteiger partial charge in [0.15, 0.2) is 39.4 Å². The second-order valence-electron chi connectivity index (χ2n) is 21.5. The molecular weight excluding hydrogens is 1080 g/mol. The molecule has 14 rings (SSSR count). The van der Waals surface area contributed by atoms with Crippen LogP contribution in [0.5, 0.6) is 0 Å². The van der Waals surface area contributed by atoms with E-state index in [0.29, 0.717) is 23.3 Å². The monoisotopic (exact) mass is 1130 g/mol. The Kier molecular flexibility index (Phi) is 14.7. The number of nitrogens with zero attached hydrogens (tertiary/aromatic N) is 5. The lowest BCUT2D eigenvalue weighted by atomic mass is 9.97. The van der Waals surface area contributed by atoms with Gasteiger partial charge in [-0.05, 0) is 64.8 Å². The zero-order valence-electron chi connectivity index (χ0n) is 47.1. The minimum Gasteiger partial charge on any atom is -0.228 e. The van der Waals surface area contributed by atoms with E-state index in [1.807, 2.05) is 24.3 Å². The predicted octanol–water partition coefficient (Wildman–Crippen LogP) is 13.1. The molecule has 14 aromatic rings.